The molecular weight excluding hydrogens is 268 g/mol. The SMILES string of the molecule is CC(C)(C)C(=O)NCCCC(=O)NCCN1CCNCC1. The lowest BCUT2D eigenvalue weighted by Crippen LogP contribution is -2.46. The van der Waals surface area contributed by atoms with E-state index in [0.29, 0.717) is 25.9 Å². The minimum Gasteiger partial charge on any atom is -0.356 e. The second kappa shape index (κ2) is 9.00. The zero-order valence-electron chi connectivity index (χ0n) is 13.6. The quantitative estimate of drug-likeness (QED) is 0.576. The molecule has 122 valence electrons. The Kier molecular flexibility index (Phi) is 7.67. The molecule has 0 radical (unpaired) electrons. The van der Waals surface area contributed by atoms with E-state index in [-0.39, 0.29) is 17.2 Å². The lowest BCUT2D eigenvalue weighted by molar-refractivity contribution is -0.128. The zero-order chi connectivity index (χ0) is 15.7. The van der Waals surface area contributed by atoms with Crippen LogP contribution in [0, 0.1) is 5.41 Å². The number of nitrogens with zero attached hydrogens (tertiary/aromatic N) is 1. The van der Waals surface area contributed by atoms with Gasteiger partial charge < -0.3 is 16.0 Å². The van der Waals surface area contributed by atoms with Gasteiger partial charge in [0.05, 0.1) is 0 Å². The lowest BCUT2D eigenvalue weighted by atomic mass is 9.96. The predicted octanol–water partition coefficient (Wildman–Crippen LogP) is -0.0497. The smallest absolute Gasteiger partial charge is 0.225 e. The number of carbonyl (C=O) groups is 2. The van der Waals surface area contributed by atoms with Crippen molar-refractivity contribution in [3.05, 3.63) is 0 Å². The molecule has 1 heterocycles. The van der Waals surface area contributed by atoms with Crippen molar-refractivity contribution in [1.29, 1.82) is 0 Å². The molecule has 1 fully saturated rings. The van der Waals surface area contributed by atoms with Crippen molar-refractivity contribution >= 4 is 11.8 Å². The van der Waals surface area contributed by atoms with Gasteiger partial charge in [-0.15, -0.1) is 0 Å². The molecule has 6 heteroatoms. The molecule has 0 aromatic heterocycles. The molecule has 0 aliphatic carbocycles. The van der Waals surface area contributed by atoms with Crippen molar-refractivity contribution in [2.24, 2.45) is 5.41 Å². The van der Waals surface area contributed by atoms with Crippen LogP contribution in [0.4, 0.5) is 0 Å². The summed E-state index contributed by atoms with van der Waals surface area (Å²) in [6.45, 7) is 12.0. The van der Waals surface area contributed by atoms with Crippen molar-refractivity contribution in [3.8, 4) is 0 Å². The fraction of sp³-hybridized carbons (Fsp3) is 0.867. The highest BCUT2D eigenvalue weighted by molar-refractivity contribution is 5.81. The van der Waals surface area contributed by atoms with Crippen LogP contribution in [-0.4, -0.2) is 62.5 Å². The molecule has 0 aromatic carbocycles. The molecule has 0 atom stereocenters. The molecule has 0 aromatic rings. The normalized spacial score (nSPS) is 16.5. The Bertz CT molecular complexity index is 333. The Morgan fingerprint density at radius 3 is 2.38 bits per heavy atom. The average molecular weight is 298 g/mol. The van der Waals surface area contributed by atoms with E-state index in [0.717, 1.165) is 32.7 Å². The van der Waals surface area contributed by atoms with Crippen LogP contribution in [0.25, 0.3) is 0 Å². The molecule has 6 nitrogen and oxygen atoms in total. The van der Waals surface area contributed by atoms with Crippen LogP contribution >= 0.6 is 0 Å². The van der Waals surface area contributed by atoms with Crippen molar-refractivity contribution in [2.45, 2.75) is 33.6 Å². The van der Waals surface area contributed by atoms with Gasteiger partial charge in [-0.3, -0.25) is 14.5 Å². The molecule has 0 saturated carbocycles. The lowest BCUT2D eigenvalue weighted by Gasteiger charge is -2.27. The van der Waals surface area contributed by atoms with Gasteiger partial charge in [-0.2, -0.15) is 0 Å². The van der Waals surface area contributed by atoms with Gasteiger partial charge >= 0.3 is 0 Å². The number of nitrogens with one attached hydrogen (secondary N) is 3. The van der Waals surface area contributed by atoms with E-state index in [1.165, 1.54) is 0 Å². The third kappa shape index (κ3) is 8.02. The van der Waals surface area contributed by atoms with Gasteiger partial charge in [-0.25, -0.2) is 0 Å². The van der Waals surface area contributed by atoms with Gasteiger partial charge in [0.15, 0.2) is 0 Å². The Labute approximate surface area is 128 Å². The van der Waals surface area contributed by atoms with Crippen molar-refractivity contribution in [2.75, 3.05) is 45.8 Å². The van der Waals surface area contributed by atoms with E-state index in [1.54, 1.807) is 0 Å². The minimum atomic E-state index is -0.369. The van der Waals surface area contributed by atoms with E-state index in [2.05, 4.69) is 20.9 Å². The summed E-state index contributed by atoms with van der Waals surface area (Å²) in [7, 11) is 0. The Morgan fingerprint density at radius 2 is 1.76 bits per heavy atom. The van der Waals surface area contributed by atoms with E-state index in [1.807, 2.05) is 20.8 Å². The number of hydrogen-bond donors (Lipinski definition) is 3. The van der Waals surface area contributed by atoms with E-state index in [9.17, 15) is 9.59 Å². The summed E-state index contributed by atoms with van der Waals surface area (Å²) in [5.41, 5.74) is -0.369. The summed E-state index contributed by atoms with van der Waals surface area (Å²) >= 11 is 0. The average Bonchev–Trinajstić information content (AvgIpc) is 2.43. The summed E-state index contributed by atoms with van der Waals surface area (Å²) in [6, 6.07) is 0. The molecule has 0 spiro atoms. The maximum absolute atomic E-state index is 11.7. The number of rotatable bonds is 7. The summed E-state index contributed by atoms with van der Waals surface area (Å²) in [4.78, 5) is 25.7. The molecule has 3 N–H and O–H groups in total. The maximum Gasteiger partial charge on any atom is 0.225 e. The number of hydrogen-bond acceptors (Lipinski definition) is 4. The topological polar surface area (TPSA) is 73.5 Å². The first-order valence-corrected chi connectivity index (χ1v) is 7.87. The largest absolute Gasteiger partial charge is 0.356 e. The van der Waals surface area contributed by atoms with Gasteiger partial charge in [0.1, 0.15) is 0 Å². The molecule has 1 aliphatic rings. The van der Waals surface area contributed by atoms with E-state index < -0.39 is 0 Å². The van der Waals surface area contributed by atoms with Crippen LogP contribution in [-0.2, 0) is 9.59 Å². The highest BCUT2D eigenvalue weighted by atomic mass is 16.2. The molecule has 1 rings (SSSR count). The van der Waals surface area contributed by atoms with Crippen LogP contribution in [0.15, 0.2) is 0 Å². The van der Waals surface area contributed by atoms with Crippen LogP contribution in [0.2, 0.25) is 0 Å². The minimum absolute atomic E-state index is 0.0293. The second-order valence-electron chi connectivity index (χ2n) is 6.55. The molecule has 0 unspecified atom stereocenters. The van der Waals surface area contributed by atoms with E-state index >= 15 is 0 Å². The third-order valence-electron chi connectivity index (χ3n) is 3.51. The Hall–Kier alpha value is -1.14. The van der Waals surface area contributed by atoms with Gasteiger partial charge in [0.2, 0.25) is 11.8 Å². The van der Waals surface area contributed by atoms with Crippen LogP contribution in [0.1, 0.15) is 33.6 Å². The number of carbonyl (C=O) groups excluding carboxylic acids is 2. The van der Waals surface area contributed by atoms with Crippen LogP contribution < -0.4 is 16.0 Å². The summed E-state index contributed by atoms with van der Waals surface area (Å²) in [5, 5.41) is 9.09. The van der Waals surface area contributed by atoms with Crippen LogP contribution in [0.3, 0.4) is 0 Å². The first-order valence-electron chi connectivity index (χ1n) is 7.87. The first kappa shape index (κ1) is 17.9. The van der Waals surface area contributed by atoms with Gasteiger partial charge in [-0.05, 0) is 6.42 Å². The Balaban J connectivity index is 2.00. The zero-order valence-corrected chi connectivity index (χ0v) is 13.6. The fourth-order valence-electron chi connectivity index (χ4n) is 2.09. The molecule has 21 heavy (non-hydrogen) atoms. The molecule has 0 bridgehead atoms. The van der Waals surface area contributed by atoms with Gasteiger partial charge in [-0.1, -0.05) is 20.8 Å². The molecule has 1 aliphatic heterocycles. The van der Waals surface area contributed by atoms with Crippen molar-refractivity contribution in [3.63, 3.8) is 0 Å². The van der Waals surface area contributed by atoms with Crippen LogP contribution in [0.5, 0.6) is 0 Å². The first-order chi connectivity index (χ1) is 9.89. The van der Waals surface area contributed by atoms with Crippen molar-refractivity contribution < 1.29 is 9.59 Å². The van der Waals surface area contributed by atoms with Gasteiger partial charge in [0.25, 0.3) is 0 Å². The summed E-state index contributed by atoms with van der Waals surface area (Å²) < 4.78 is 0. The monoisotopic (exact) mass is 298 g/mol. The van der Waals surface area contributed by atoms with E-state index in [4.69, 9.17) is 0 Å². The van der Waals surface area contributed by atoms with Gasteiger partial charge in [0, 0.05) is 57.6 Å². The third-order valence-corrected chi connectivity index (χ3v) is 3.51. The Morgan fingerprint density at radius 1 is 1.10 bits per heavy atom. The maximum atomic E-state index is 11.7. The number of amides is 2. The van der Waals surface area contributed by atoms with Crippen molar-refractivity contribution in [1.82, 2.24) is 20.9 Å². The highest BCUT2D eigenvalue weighted by Gasteiger charge is 2.20. The fourth-order valence-corrected chi connectivity index (χ4v) is 2.09. The highest BCUT2D eigenvalue weighted by Crippen LogP contribution is 2.12. The molecule has 2 amide bonds. The number of piperazine rings is 1. The summed E-state index contributed by atoms with van der Waals surface area (Å²) in [6.07, 6.45) is 1.15. The summed E-state index contributed by atoms with van der Waals surface area (Å²) in [5.74, 6) is 0.0942. The second-order valence-corrected chi connectivity index (χ2v) is 6.55. The standard InChI is InChI=1S/C15H30N4O2/c1-15(2,3)14(21)18-6-4-5-13(20)17-9-12-19-10-7-16-8-11-19/h16H,4-12H2,1-3H3,(H,17,20)(H,18,21). The molecular formula is C15H30N4O2. The predicted molar refractivity (Wildman–Crippen MR) is 84.0 cm³/mol. The molecule has 1 saturated heterocycles.